The van der Waals surface area contributed by atoms with Crippen molar-refractivity contribution in [3.05, 3.63) is 22.6 Å². The summed E-state index contributed by atoms with van der Waals surface area (Å²) in [6.45, 7) is 6.14. The van der Waals surface area contributed by atoms with Crippen molar-refractivity contribution in [3.8, 4) is 0 Å². The first-order valence-electron chi connectivity index (χ1n) is 6.31. The summed E-state index contributed by atoms with van der Waals surface area (Å²) in [5.74, 6) is 1.52. The Balaban J connectivity index is 2.07. The van der Waals surface area contributed by atoms with Crippen molar-refractivity contribution in [2.45, 2.75) is 38.8 Å². The van der Waals surface area contributed by atoms with Crippen LogP contribution in [0.1, 0.15) is 38.5 Å². The molecule has 3 nitrogen and oxygen atoms in total. The molecule has 17 heavy (non-hydrogen) atoms. The molecule has 1 fully saturated rings. The van der Waals surface area contributed by atoms with E-state index in [9.17, 15) is 0 Å². The first-order valence-corrected chi connectivity index (χ1v) is 7.10. The molecule has 2 rings (SSSR count). The van der Waals surface area contributed by atoms with Crippen LogP contribution < -0.4 is 5.32 Å². The summed E-state index contributed by atoms with van der Waals surface area (Å²) in [5, 5.41) is 3.57. The van der Waals surface area contributed by atoms with Crippen LogP contribution in [0.25, 0.3) is 0 Å². The Morgan fingerprint density at radius 2 is 2.35 bits per heavy atom. The molecule has 1 aliphatic heterocycles. The van der Waals surface area contributed by atoms with E-state index in [4.69, 9.17) is 9.15 Å². The number of hydrogen-bond acceptors (Lipinski definition) is 3. The minimum absolute atomic E-state index is 0.270. The van der Waals surface area contributed by atoms with E-state index in [1.54, 1.807) is 0 Å². The van der Waals surface area contributed by atoms with E-state index in [1.165, 1.54) is 0 Å². The number of furan rings is 1. The Hall–Kier alpha value is -0.320. The maximum Gasteiger partial charge on any atom is 0.169 e. The Morgan fingerprint density at radius 3 is 2.88 bits per heavy atom. The van der Waals surface area contributed by atoms with Gasteiger partial charge in [-0.15, -0.1) is 0 Å². The highest BCUT2D eigenvalue weighted by molar-refractivity contribution is 9.10. The third-order valence-electron chi connectivity index (χ3n) is 3.22. The van der Waals surface area contributed by atoms with Gasteiger partial charge in [0.15, 0.2) is 4.67 Å². The summed E-state index contributed by atoms with van der Waals surface area (Å²) in [6.07, 6.45) is 2.59. The van der Waals surface area contributed by atoms with Crippen molar-refractivity contribution < 1.29 is 9.15 Å². The molecule has 0 spiro atoms. The number of nitrogens with one attached hydrogen (secondary N) is 1. The number of rotatable bonds is 5. The van der Waals surface area contributed by atoms with E-state index < -0.39 is 0 Å². The van der Waals surface area contributed by atoms with Crippen LogP contribution in [-0.4, -0.2) is 19.3 Å². The summed E-state index contributed by atoms with van der Waals surface area (Å²) < 4.78 is 12.1. The largest absolute Gasteiger partial charge is 0.453 e. The van der Waals surface area contributed by atoms with Gasteiger partial charge in [-0.3, -0.25) is 0 Å². The Bertz CT molecular complexity index is 353. The van der Waals surface area contributed by atoms with Crippen LogP contribution in [0.5, 0.6) is 0 Å². The van der Waals surface area contributed by atoms with E-state index in [-0.39, 0.29) is 6.04 Å². The Labute approximate surface area is 111 Å². The van der Waals surface area contributed by atoms with Gasteiger partial charge in [0.05, 0.1) is 18.8 Å². The molecule has 0 bridgehead atoms. The summed E-state index contributed by atoms with van der Waals surface area (Å²) >= 11 is 3.36. The van der Waals surface area contributed by atoms with Crippen LogP contribution in [0, 0.1) is 5.92 Å². The van der Waals surface area contributed by atoms with E-state index in [0.29, 0.717) is 12.0 Å². The van der Waals surface area contributed by atoms with Gasteiger partial charge in [-0.2, -0.15) is 0 Å². The molecule has 1 aromatic rings. The predicted octanol–water partition coefficient (Wildman–Crippen LogP) is 3.51. The molecule has 3 unspecified atom stereocenters. The number of ether oxygens (including phenoxy) is 1. The molecular formula is C13H20BrNO2. The van der Waals surface area contributed by atoms with Crippen LogP contribution in [0.3, 0.4) is 0 Å². The second kappa shape index (κ2) is 6.03. The zero-order chi connectivity index (χ0) is 12.3. The van der Waals surface area contributed by atoms with Crippen LogP contribution >= 0.6 is 15.9 Å². The van der Waals surface area contributed by atoms with Gasteiger partial charge in [0, 0.05) is 5.92 Å². The standard InChI is InChI=1S/C13H20BrNO2/c1-3-6-15-13(10-7-9(2)16-8-10)11-4-5-12(14)17-11/h4-5,9-10,13,15H,3,6-8H2,1-2H3. The van der Waals surface area contributed by atoms with E-state index >= 15 is 0 Å². The van der Waals surface area contributed by atoms with Gasteiger partial charge in [-0.05, 0) is 54.4 Å². The third-order valence-corrected chi connectivity index (χ3v) is 3.64. The summed E-state index contributed by atoms with van der Waals surface area (Å²) in [5.41, 5.74) is 0. The van der Waals surface area contributed by atoms with Crippen LogP contribution in [0.4, 0.5) is 0 Å². The van der Waals surface area contributed by atoms with E-state index in [0.717, 1.165) is 36.4 Å². The number of hydrogen-bond donors (Lipinski definition) is 1. The molecule has 1 aliphatic rings. The van der Waals surface area contributed by atoms with Gasteiger partial charge in [0.1, 0.15) is 5.76 Å². The molecule has 3 atom stereocenters. The average Bonchev–Trinajstić information content (AvgIpc) is 2.89. The van der Waals surface area contributed by atoms with Crippen molar-refractivity contribution in [1.82, 2.24) is 5.32 Å². The minimum Gasteiger partial charge on any atom is -0.453 e. The van der Waals surface area contributed by atoms with Crippen molar-refractivity contribution in [1.29, 1.82) is 0 Å². The normalized spacial score (nSPS) is 26.3. The maximum atomic E-state index is 5.69. The summed E-state index contributed by atoms with van der Waals surface area (Å²) in [6, 6.07) is 4.27. The molecular weight excluding hydrogens is 282 g/mol. The molecule has 1 N–H and O–H groups in total. The van der Waals surface area contributed by atoms with Gasteiger partial charge < -0.3 is 14.5 Å². The molecule has 1 aromatic heterocycles. The lowest BCUT2D eigenvalue weighted by atomic mass is 9.95. The first-order chi connectivity index (χ1) is 8.20. The molecule has 0 aromatic carbocycles. The molecule has 96 valence electrons. The molecule has 0 amide bonds. The first kappa shape index (κ1) is 13.1. The zero-order valence-corrected chi connectivity index (χ0v) is 12.0. The van der Waals surface area contributed by atoms with Gasteiger partial charge in [0.2, 0.25) is 0 Å². The maximum absolute atomic E-state index is 5.69. The third kappa shape index (κ3) is 3.33. The van der Waals surface area contributed by atoms with Gasteiger partial charge in [0.25, 0.3) is 0 Å². The SMILES string of the molecule is CCCNC(c1ccc(Br)o1)C1COC(C)C1. The monoisotopic (exact) mass is 301 g/mol. The highest BCUT2D eigenvalue weighted by Gasteiger charge is 2.31. The van der Waals surface area contributed by atoms with Crippen LogP contribution in [0.2, 0.25) is 0 Å². The smallest absolute Gasteiger partial charge is 0.169 e. The molecule has 0 saturated carbocycles. The van der Waals surface area contributed by atoms with E-state index in [1.807, 2.05) is 12.1 Å². The van der Waals surface area contributed by atoms with Crippen molar-refractivity contribution in [3.63, 3.8) is 0 Å². The highest BCUT2D eigenvalue weighted by Crippen LogP contribution is 2.33. The molecule has 4 heteroatoms. The molecule has 0 radical (unpaired) electrons. The van der Waals surface area contributed by atoms with E-state index in [2.05, 4.69) is 35.1 Å². The van der Waals surface area contributed by atoms with Crippen LogP contribution in [0.15, 0.2) is 21.2 Å². The van der Waals surface area contributed by atoms with Crippen molar-refractivity contribution in [2.24, 2.45) is 5.92 Å². The summed E-state index contributed by atoms with van der Waals surface area (Å²) in [4.78, 5) is 0. The molecule has 0 aliphatic carbocycles. The Morgan fingerprint density at radius 1 is 1.53 bits per heavy atom. The minimum atomic E-state index is 0.270. The second-order valence-corrected chi connectivity index (χ2v) is 5.49. The lowest BCUT2D eigenvalue weighted by molar-refractivity contribution is 0.115. The predicted molar refractivity (Wildman–Crippen MR) is 71.0 cm³/mol. The highest BCUT2D eigenvalue weighted by atomic mass is 79.9. The lowest BCUT2D eigenvalue weighted by Crippen LogP contribution is -2.29. The van der Waals surface area contributed by atoms with Crippen molar-refractivity contribution in [2.75, 3.05) is 13.2 Å². The van der Waals surface area contributed by atoms with Gasteiger partial charge >= 0.3 is 0 Å². The Kier molecular flexibility index (Phi) is 4.65. The second-order valence-electron chi connectivity index (χ2n) is 4.71. The fourth-order valence-corrected chi connectivity index (χ4v) is 2.70. The topological polar surface area (TPSA) is 34.4 Å². The lowest BCUT2D eigenvalue weighted by Gasteiger charge is -2.21. The number of halogens is 1. The van der Waals surface area contributed by atoms with Gasteiger partial charge in [-0.1, -0.05) is 6.92 Å². The van der Waals surface area contributed by atoms with Gasteiger partial charge in [-0.25, -0.2) is 0 Å². The van der Waals surface area contributed by atoms with Crippen molar-refractivity contribution >= 4 is 15.9 Å². The quantitative estimate of drug-likeness (QED) is 0.904. The van der Waals surface area contributed by atoms with Crippen LogP contribution in [-0.2, 0) is 4.74 Å². The molecule has 2 heterocycles. The summed E-state index contributed by atoms with van der Waals surface area (Å²) in [7, 11) is 0. The average molecular weight is 302 g/mol. The zero-order valence-electron chi connectivity index (χ0n) is 10.4. The molecule has 1 saturated heterocycles. The fraction of sp³-hybridized carbons (Fsp3) is 0.692. The fourth-order valence-electron chi connectivity index (χ4n) is 2.38.